The van der Waals surface area contributed by atoms with E-state index in [4.69, 9.17) is 14.6 Å². The minimum absolute atomic E-state index is 0.0430. The van der Waals surface area contributed by atoms with Gasteiger partial charge in [0.05, 0.1) is 20.6 Å². The fourth-order valence-corrected chi connectivity index (χ4v) is 2.71. The van der Waals surface area contributed by atoms with Gasteiger partial charge in [-0.1, -0.05) is 23.9 Å². The number of carbonyl (C=O) groups is 1. The molecule has 0 aliphatic heterocycles. The molecule has 0 bridgehead atoms. The van der Waals surface area contributed by atoms with E-state index in [-0.39, 0.29) is 6.42 Å². The third-order valence-electron chi connectivity index (χ3n) is 2.87. The zero-order valence-corrected chi connectivity index (χ0v) is 12.6. The lowest BCUT2D eigenvalue weighted by Gasteiger charge is -2.09. The number of hydrogen-bond donors (Lipinski definition) is 1. The zero-order chi connectivity index (χ0) is 15.2. The highest BCUT2D eigenvalue weighted by atomic mass is 32.2. The first-order valence-corrected chi connectivity index (χ1v) is 7.14. The number of carboxylic acid groups (broad SMARTS) is 1. The van der Waals surface area contributed by atoms with Gasteiger partial charge in [0.15, 0.2) is 11.5 Å². The summed E-state index contributed by atoms with van der Waals surface area (Å²) in [6.45, 7) is 0. The molecule has 0 amide bonds. The lowest BCUT2D eigenvalue weighted by molar-refractivity contribution is -0.136. The summed E-state index contributed by atoms with van der Waals surface area (Å²) in [6, 6.07) is 13.2. The number of rotatable bonds is 6. The Morgan fingerprint density at radius 2 is 1.62 bits per heavy atom. The van der Waals surface area contributed by atoms with E-state index in [0.717, 1.165) is 15.4 Å². The predicted molar refractivity (Wildman–Crippen MR) is 81.5 cm³/mol. The molecule has 0 atom stereocenters. The zero-order valence-electron chi connectivity index (χ0n) is 11.8. The maximum absolute atomic E-state index is 10.6. The molecule has 0 unspecified atom stereocenters. The maximum Gasteiger partial charge on any atom is 0.307 e. The van der Waals surface area contributed by atoms with Crippen LogP contribution in [0, 0.1) is 0 Å². The molecule has 21 heavy (non-hydrogen) atoms. The van der Waals surface area contributed by atoms with Crippen molar-refractivity contribution in [2.24, 2.45) is 0 Å². The van der Waals surface area contributed by atoms with Gasteiger partial charge >= 0.3 is 5.97 Å². The summed E-state index contributed by atoms with van der Waals surface area (Å²) in [7, 11) is 3.21. The molecule has 0 radical (unpaired) electrons. The van der Waals surface area contributed by atoms with Crippen LogP contribution in [0.4, 0.5) is 0 Å². The van der Waals surface area contributed by atoms with Crippen LogP contribution in [0.3, 0.4) is 0 Å². The Labute approximate surface area is 127 Å². The first-order valence-electron chi connectivity index (χ1n) is 6.33. The summed E-state index contributed by atoms with van der Waals surface area (Å²) < 4.78 is 10.5. The smallest absolute Gasteiger partial charge is 0.307 e. The lowest BCUT2D eigenvalue weighted by Crippen LogP contribution is -1.99. The average molecular weight is 304 g/mol. The van der Waals surface area contributed by atoms with Gasteiger partial charge in [0, 0.05) is 9.79 Å². The molecule has 2 aromatic carbocycles. The second-order valence-corrected chi connectivity index (χ2v) is 5.48. The van der Waals surface area contributed by atoms with Gasteiger partial charge < -0.3 is 14.6 Å². The quantitative estimate of drug-likeness (QED) is 0.885. The largest absolute Gasteiger partial charge is 0.493 e. The van der Waals surface area contributed by atoms with Crippen molar-refractivity contribution in [2.75, 3.05) is 14.2 Å². The van der Waals surface area contributed by atoms with E-state index < -0.39 is 5.97 Å². The number of benzene rings is 2. The molecule has 0 aromatic heterocycles. The Kier molecular flexibility index (Phi) is 5.11. The molecule has 2 rings (SSSR count). The minimum atomic E-state index is -0.824. The molecule has 0 saturated carbocycles. The second-order valence-electron chi connectivity index (χ2n) is 4.33. The molecule has 0 fully saturated rings. The van der Waals surface area contributed by atoms with Crippen molar-refractivity contribution in [1.29, 1.82) is 0 Å². The van der Waals surface area contributed by atoms with Gasteiger partial charge in [0.2, 0.25) is 0 Å². The van der Waals surface area contributed by atoms with E-state index in [1.807, 2.05) is 42.5 Å². The van der Waals surface area contributed by atoms with Crippen molar-refractivity contribution in [2.45, 2.75) is 16.2 Å². The fourth-order valence-electron chi connectivity index (χ4n) is 1.87. The Morgan fingerprint density at radius 1 is 1.00 bits per heavy atom. The lowest BCUT2D eigenvalue weighted by atomic mass is 10.2. The summed E-state index contributed by atoms with van der Waals surface area (Å²) in [5.41, 5.74) is 0.791. The monoisotopic (exact) mass is 304 g/mol. The van der Waals surface area contributed by atoms with Crippen LogP contribution in [-0.2, 0) is 11.2 Å². The SMILES string of the molecule is COc1ccc(Sc2ccc(CC(=O)O)cc2)cc1OC. The molecule has 1 N–H and O–H groups in total. The maximum atomic E-state index is 10.6. The van der Waals surface area contributed by atoms with Crippen LogP contribution in [0.5, 0.6) is 11.5 Å². The summed E-state index contributed by atoms with van der Waals surface area (Å²) in [4.78, 5) is 12.7. The van der Waals surface area contributed by atoms with Crippen molar-refractivity contribution in [1.82, 2.24) is 0 Å². The number of methoxy groups -OCH3 is 2. The van der Waals surface area contributed by atoms with E-state index in [2.05, 4.69) is 0 Å². The van der Waals surface area contributed by atoms with Gasteiger partial charge in [-0.25, -0.2) is 0 Å². The first-order chi connectivity index (χ1) is 10.1. The molecule has 2 aromatic rings. The standard InChI is InChI=1S/C16H16O4S/c1-19-14-8-7-13(10-15(14)20-2)21-12-5-3-11(4-6-12)9-16(17)18/h3-8,10H,9H2,1-2H3,(H,17,18). The van der Waals surface area contributed by atoms with Crippen LogP contribution in [0.1, 0.15) is 5.56 Å². The summed E-state index contributed by atoms with van der Waals surface area (Å²) in [6.07, 6.45) is 0.0430. The van der Waals surface area contributed by atoms with Gasteiger partial charge in [0.25, 0.3) is 0 Å². The van der Waals surface area contributed by atoms with Crippen LogP contribution in [-0.4, -0.2) is 25.3 Å². The number of ether oxygens (including phenoxy) is 2. The van der Waals surface area contributed by atoms with E-state index in [0.29, 0.717) is 11.5 Å². The average Bonchev–Trinajstić information content (AvgIpc) is 2.48. The third-order valence-corrected chi connectivity index (χ3v) is 3.87. The molecule has 0 saturated heterocycles. The van der Waals surface area contributed by atoms with Crippen LogP contribution in [0.15, 0.2) is 52.3 Å². The van der Waals surface area contributed by atoms with Gasteiger partial charge in [-0.15, -0.1) is 0 Å². The Morgan fingerprint density at radius 3 is 2.19 bits per heavy atom. The third kappa shape index (κ3) is 4.16. The molecular formula is C16H16O4S. The van der Waals surface area contributed by atoms with Crippen LogP contribution in [0.25, 0.3) is 0 Å². The molecular weight excluding hydrogens is 288 g/mol. The van der Waals surface area contributed by atoms with Crippen LogP contribution >= 0.6 is 11.8 Å². The van der Waals surface area contributed by atoms with Crippen molar-refractivity contribution < 1.29 is 19.4 Å². The van der Waals surface area contributed by atoms with Crippen LogP contribution < -0.4 is 9.47 Å². The van der Waals surface area contributed by atoms with E-state index >= 15 is 0 Å². The second kappa shape index (κ2) is 7.04. The molecule has 110 valence electrons. The van der Waals surface area contributed by atoms with Crippen molar-refractivity contribution in [3.05, 3.63) is 48.0 Å². The Bertz CT molecular complexity index is 623. The molecule has 5 heteroatoms. The summed E-state index contributed by atoms with van der Waals surface area (Å²) >= 11 is 1.58. The van der Waals surface area contributed by atoms with E-state index in [1.165, 1.54) is 0 Å². The van der Waals surface area contributed by atoms with Gasteiger partial charge in [-0.05, 0) is 35.9 Å². The van der Waals surface area contributed by atoms with Crippen molar-refractivity contribution in [3.63, 3.8) is 0 Å². The first kappa shape index (κ1) is 15.3. The number of carboxylic acids is 1. The van der Waals surface area contributed by atoms with Crippen molar-refractivity contribution >= 4 is 17.7 Å². The molecule has 0 heterocycles. The van der Waals surface area contributed by atoms with Gasteiger partial charge in [-0.2, -0.15) is 0 Å². The fraction of sp³-hybridized carbons (Fsp3) is 0.188. The van der Waals surface area contributed by atoms with Gasteiger partial charge in [-0.3, -0.25) is 4.79 Å². The summed E-state index contributed by atoms with van der Waals surface area (Å²) in [5.74, 6) is 0.555. The van der Waals surface area contributed by atoms with Crippen LogP contribution in [0.2, 0.25) is 0 Å². The molecule has 0 spiro atoms. The van der Waals surface area contributed by atoms with E-state index in [9.17, 15) is 4.79 Å². The highest BCUT2D eigenvalue weighted by molar-refractivity contribution is 7.99. The normalized spacial score (nSPS) is 10.2. The molecule has 0 aliphatic rings. The highest BCUT2D eigenvalue weighted by Crippen LogP contribution is 2.35. The van der Waals surface area contributed by atoms with Gasteiger partial charge in [0.1, 0.15) is 0 Å². The predicted octanol–water partition coefficient (Wildman–Crippen LogP) is 3.48. The highest BCUT2D eigenvalue weighted by Gasteiger charge is 2.06. The molecule has 0 aliphatic carbocycles. The van der Waals surface area contributed by atoms with Crippen molar-refractivity contribution in [3.8, 4) is 11.5 Å². The Hall–Kier alpha value is -2.14. The molecule has 4 nitrogen and oxygen atoms in total. The Balaban J connectivity index is 2.12. The number of hydrogen-bond acceptors (Lipinski definition) is 4. The topological polar surface area (TPSA) is 55.8 Å². The summed E-state index contributed by atoms with van der Waals surface area (Å²) in [5, 5.41) is 8.75. The number of aliphatic carboxylic acids is 1. The minimum Gasteiger partial charge on any atom is -0.493 e. The van der Waals surface area contributed by atoms with E-state index in [1.54, 1.807) is 26.0 Å².